The molecule has 1 aromatic rings. The lowest BCUT2D eigenvalue weighted by atomic mass is 9.83. The van der Waals surface area contributed by atoms with E-state index in [9.17, 15) is 14.4 Å². The topological polar surface area (TPSA) is 95.7 Å². The van der Waals surface area contributed by atoms with E-state index < -0.39 is 0 Å². The second kappa shape index (κ2) is 10.6. The van der Waals surface area contributed by atoms with Crippen LogP contribution in [-0.4, -0.2) is 60.7 Å². The van der Waals surface area contributed by atoms with Crippen LogP contribution in [0, 0.1) is 11.8 Å². The average Bonchev–Trinajstić information content (AvgIpc) is 2.74. The van der Waals surface area contributed by atoms with E-state index in [4.69, 9.17) is 5.73 Å². The summed E-state index contributed by atoms with van der Waals surface area (Å²) in [6, 6.07) is 9.48. The molecule has 8 heteroatoms. The van der Waals surface area contributed by atoms with Gasteiger partial charge in [0.25, 0.3) is 0 Å². The number of amides is 3. The van der Waals surface area contributed by atoms with Crippen LogP contribution in [-0.2, 0) is 14.4 Å². The van der Waals surface area contributed by atoms with E-state index in [0.717, 1.165) is 18.4 Å². The molecule has 0 bridgehead atoms. The van der Waals surface area contributed by atoms with Gasteiger partial charge in [0.15, 0.2) is 0 Å². The summed E-state index contributed by atoms with van der Waals surface area (Å²) in [7, 11) is 1.78. The minimum absolute atomic E-state index is 0. The van der Waals surface area contributed by atoms with E-state index in [1.807, 2.05) is 35.2 Å². The van der Waals surface area contributed by atoms with Crippen LogP contribution in [0.15, 0.2) is 30.3 Å². The fraction of sp³-hybridized carbons (Fsp3) is 0.571. The maximum Gasteiger partial charge on any atom is 0.228 e. The molecule has 1 aromatic carbocycles. The summed E-state index contributed by atoms with van der Waals surface area (Å²) in [5, 5.41) is 2.83. The number of likely N-dealkylation sites (tertiary alicyclic amines) is 2. The standard InChI is InChI=1S/C21H30N4O3.ClH/c1-24-18(26)10-9-17(19(24)15-6-3-2-4-7-15)21(28)25-13-5-8-16(14-25)20(27)23-12-11-22;/h2-4,6-7,16-17,19H,5,8-14,22H2,1H3,(H,23,27);1H. The summed E-state index contributed by atoms with van der Waals surface area (Å²) in [6.45, 7) is 1.96. The number of nitrogens with zero attached hydrogens (tertiary/aromatic N) is 2. The van der Waals surface area contributed by atoms with Gasteiger partial charge in [-0.2, -0.15) is 0 Å². The Bertz CT molecular complexity index is 715. The quantitative estimate of drug-likeness (QED) is 0.748. The van der Waals surface area contributed by atoms with E-state index in [0.29, 0.717) is 39.0 Å². The third-order valence-corrected chi connectivity index (χ3v) is 5.87. The number of halogens is 1. The number of piperidine rings is 2. The van der Waals surface area contributed by atoms with Crippen molar-refractivity contribution in [1.82, 2.24) is 15.1 Å². The summed E-state index contributed by atoms with van der Waals surface area (Å²) in [4.78, 5) is 41.6. The number of rotatable bonds is 5. The van der Waals surface area contributed by atoms with Gasteiger partial charge in [0, 0.05) is 39.6 Å². The molecule has 2 aliphatic heterocycles. The highest BCUT2D eigenvalue weighted by Gasteiger charge is 2.41. The molecule has 3 unspecified atom stereocenters. The summed E-state index contributed by atoms with van der Waals surface area (Å²) in [5.74, 6) is -0.392. The molecule has 3 N–H and O–H groups in total. The lowest BCUT2D eigenvalue weighted by Crippen LogP contribution is -2.51. The van der Waals surface area contributed by atoms with Crippen molar-refractivity contribution in [3.63, 3.8) is 0 Å². The van der Waals surface area contributed by atoms with Crippen molar-refractivity contribution in [2.75, 3.05) is 33.2 Å². The Balaban J connectivity index is 0.00000300. The predicted octanol–water partition coefficient (Wildman–Crippen LogP) is 1.33. The molecule has 7 nitrogen and oxygen atoms in total. The fourth-order valence-corrected chi connectivity index (χ4v) is 4.37. The third kappa shape index (κ3) is 5.28. The highest BCUT2D eigenvalue weighted by atomic mass is 35.5. The number of nitrogens with two attached hydrogens (primary N) is 1. The zero-order valence-electron chi connectivity index (χ0n) is 16.9. The lowest BCUT2D eigenvalue weighted by molar-refractivity contribution is -0.148. The molecule has 0 aliphatic carbocycles. The first-order chi connectivity index (χ1) is 13.5. The molecule has 3 atom stereocenters. The molecular formula is C21H31ClN4O3. The molecule has 2 fully saturated rings. The van der Waals surface area contributed by atoms with Crippen molar-refractivity contribution in [2.24, 2.45) is 17.6 Å². The first kappa shape index (κ1) is 23.2. The van der Waals surface area contributed by atoms with E-state index in [1.54, 1.807) is 11.9 Å². The number of carbonyl (C=O) groups is 3. The molecule has 29 heavy (non-hydrogen) atoms. The van der Waals surface area contributed by atoms with Gasteiger partial charge in [-0.1, -0.05) is 30.3 Å². The highest BCUT2D eigenvalue weighted by molar-refractivity contribution is 5.86. The molecule has 2 aliphatic rings. The van der Waals surface area contributed by atoms with Gasteiger partial charge in [-0.3, -0.25) is 14.4 Å². The van der Waals surface area contributed by atoms with Crippen LogP contribution in [0.2, 0.25) is 0 Å². The Kier molecular flexibility index (Phi) is 8.46. The first-order valence-corrected chi connectivity index (χ1v) is 10.1. The maximum absolute atomic E-state index is 13.4. The van der Waals surface area contributed by atoms with Crippen LogP contribution >= 0.6 is 12.4 Å². The normalized spacial score (nSPS) is 24.6. The first-order valence-electron chi connectivity index (χ1n) is 10.1. The smallest absolute Gasteiger partial charge is 0.228 e. The molecule has 0 aromatic heterocycles. The zero-order chi connectivity index (χ0) is 20.1. The van der Waals surface area contributed by atoms with Gasteiger partial charge in [-0.15, -0.1) is 12.4 Å². The molecule has 160 valence electrons. The largest absolute Gasteiger partial charge is 0.355 e. The highest BCUT2D eigenvalue weighted by Crippen LogP contribution is 2.37. The number of carbonyl (C=O) groups excluding carboxylic acids is 3. The number of hydrogen-bond donors (Lipinski definition) is 2. The molecule has 2 saturated heterocycles. The van der Waals surface area contributed by atoms with Gasteiger partial charge >= 0.3 is 0 Å². The van der Waals surface area contributed by atoms with Gasteiger partial charge in [-0.25, -0.2) is 0 Å². The molecule has 2 heterocycles. The minimum Gasteiger partial charge on any atom is -0.355 e. The molecule has 0 saturated carbocycles. The Morgan fingerprint density at radius 3 is 2.62 bits per heavy atom. The van der Waals surface area contributed by atoms with Crippen LogP contribution < -0.4 is 11.1 Å². The SMILES string of the molecule is CN1C(=O)CCC(C(=O)N2CCCC(C(=O)NCCN)C2)C1c1ccccc1.Cl. The molecule has 3 rings (SSSR count). The number of nitrogens with one attached hydrogen (secondary N) is 1. The van der Waals surface area contributed by atoms with Crippen LogP contribution in [0.4, 0.5) is 0 Å². The van der Waals surface area contributed by atoms with Crippen LogP contribution in [0.1, 0.15) is 37.3 Å². The summed E-state index contributed by atoms with van der Waals surface area (Å²) < 4.78 is 0. The molecule has 3 amide bonds. The van der Waals surface area contributed by atoms with E-state index in [-0.39, 0.29) is 48.0 Å². The monoisotopic (exact) mass is 422 g/mol. The molecule has 0 radical (unpaired) electrons. The van der Waals surface area contributed by atoms with Gasteiger partial charge in [0.1, 0.15) is 0 Å². The lowest BCUT2D eigenvalue weighted by Gasteiger charge is -2.42. The van der Waals surface area contributed by atoms with Crippen molar-refractivity contribution in [3.8, 4) is 0 Å². The predicted molar refractivity (Wildman–Crippen MR) is 113 cm³/mol. The summed E-state index contributed by atoms with van der Waals surface area (Å²) in [5.41, 5.74) is 6.44. The van der Waals surface area contributed by atoms with Crippen molar-refractivity contribution in [2.45, 2.75) is 31.7 Å². The van der Waals surface area contributed by atoms with Crippen LogP contribution in [0.3, 0.4) is 0 Å². The molecular weight excluding hydrogens is 392 g/mol. The second-order valence-electron chi connectivity index (χ2n) is 7.71. The third-order valence-electron chi connectivity index (χ3n) is 5.87. The number of hydrogen-bond acceptors (Lipinski definition) is 4. The summed E-state index contributed by atoms with van der Waals surface area (Å²) >= 11 is 0. The van der Waals surface area contributed by atoms with E-state index in [2.05, 4.69) is 5.32 Å². The molecule has 0 spiro atoms. The maximum atomic E-state index is 13.4. The van der Waals surface area contributed by atoms with Crippen LogP contribution in [0.25, 0.3) is 0 Å². The van der Waals surface area contributed by atoms with Gasteiger partial charge < -0.3 is 20.9 Å². The van der Waals surface area contributed by atoms with Gasteiger partial charge in [0.2, 0.25) is 17.7 Å². The Labute approximate surface area is 178 Å². The Morgan fingerprint density at radius 1 is 1.21 bits per heavy atom. The van der Waals surface area contributed by atoms with Gasteiger partial charge in [0.05, 0.1) is 17.9 Å². The van der Waals surface area contributed by atoms with Crippen molar-refractivity contribution < 1.29 is 14.4 Å². The Morgan fingerprint density at radius 2 is 1.93 bits per heavy atom. The van der Waals surface area contributed by atoms with Crippen molar-refractivity contribution >= 4 is 30.1 Å². The zero-order valence-corrected chi connectivity index (χ0v) is 17.7. The second-order valence-corrected chi connectivity index (χ2v) is 7.71. The summed E-state index contributed by atoms with van der Waals surface area (Å²) in [6.07, 6.45) is 2.52. The minimum atomic E-state index is -0.282. The number of benzene rings is 1. The van der Waals surface area contributed by atoms with E-state index in [1.165, 1.54) is 0 Å². The van der Waals surface area contributed by atoms with Gasteiger partial charge in [-0.05, 0) is 24.8 Å². The van der Waals surface area contributed by atoms with Crippen molar-refractivity contribution in [3.05, 3.63) is 35.9 Å². The fourth-order valence-electron chi connectivity index (χ4n) is 4.37. The van der Waals surface area contributed by atoms with Crippen molar-refractivity contribution in [1.29, 1.82) is 0 Å². The van der Waals surface area contributed by atoms with Crippen LogP contribution in [0.5, 0.6) is 0 Å². The average molecular weight is 423 g/mol. The Hall–Kier alpha value is -2.12. The van der Waals surface area contributed by atoms with E-state index >= 15 is 0 Å².